The largest absolute Gasteiger partial charge is 0.494 e. The Bertz CT molecular complexity index is 724. The summed E-state index contributed by atoms with van der Waals surface area (Å²) in [5, 5.41) is 3.95. The molecule has 6 heteroatoms. The molecule has 2 aromatic rings. The van der Waals surface area contributed by atoms with Crippen LogP contribution in [0.3, 0.4) is 0 Å². The number of ether oxygens (including phenoxy) is 1. The highest BCUT2D eigenvalue weighted by molar-refractivity contribution is 7.89. The summed E-state index contributed by atoms with van der Waals surface area (Å²) in [7, 11) is -3.51. The molecule has 23 heavy (non-hydrogen) atoms. The SMILES string of the molecule is CCCN(Cc1ccsc1)S(=O)(=O)c1ccc(OCC)c(C)c1. The van der Waals surface area contributed by atoms with Crippen LogP contribution in [0, 0.1) is 6.92 Å². The molecule has 0 aliphatic heterocycles. The molecule has 126 valence electrons. The maximum Gasteiger partial charge on any atom is 0.243 e. The van der Waals surface area contributed by atoms with Crippen molar-refractivity contribution >= 4 is 21.4 Å². The fourth-order valence-electron chi connectivity index (χ4n) is 2.37. The Morgan fingerprint density at radius 3 is 2.57 bits per heavy atom. The van der Waals surface area contributed by atoms with Gasteiger partial charge in [-0.25, -0.2) is 8.42 Å². The molecule has 1 aromatic heterocycles. The van der Waals surface area contributed by atoms with Gasteiger partial charge in [-0.15, -0.1) is 0 Å². The Labute approximate surface area is 142 Å². The van der Waals surface area contributed by atoms with Crippen LogP contribution < -0.4 is 4.74 Å². The molecule has 0 spiro atoms. The van der Waals surface area contributed by atoms with E-state index in [2.05, 4.69) is 0 Å². The van der Waals surface area contributed by atoms with Gasteiger partial charge in [0, 0.05) is 13.1 Å². The molecular formula is C17H23NO3S2. The summed E-state index contributed by atoms with van der Waals surface area (Å²) in [6.45, 7) is 7.24. The fourth-order valence-corrected chi connectivity index (χ4v) is 4.63. The molecule has 0 atom stereocenters. The van der Waals surface area contributed by atoms with Gasteiger partial charge in [-0.3, -0.25) is 0 Å². The van der Waals surface area contributed by atoms with Crippen molar-refractivity contribution < 1.29 is 13.2 Å². The van der Waals surface area contributed by atoms with Crippen LogP contribution in [0.15, 0.2) is 39.9 Å². The molecular weight excluding hydrogens is 330 g/mol. The number of sulfonamides is 1. The fraction of sp³-hybridized carbons (Fsp3) is 0.412. The highest BCUT2D eigenvalue weighted by Gasteiger charge is 2.24. The Hall–Kier alpha value is -1.37. The second-order valence-electron chi connectivity index (χ2n) is 5.33. The number of hydrogen-bond acceptors (Lipinski definition) is 4. The molecule has 0 aliphatic carbocycles. The summed E-state index contributed by atoms with van der Waals surface area (Å²) in [5.41, 5.74) is 1.86. The average molecular weight is 354 g/mol. The zero-order valence-electron chi connectivity index (χ0n) is 13.8. The Morgan fingerprint density at radius 1 is 1.22 bits per heavy atom. The van der Waals surface area contributed by atoms with Gasteiger partial charge in [0.05, 0.1) is 11.5 Å². The molecule has 0 saturated heterocycles. The lowest BCUT2D eigenvalue weighted by Crippen LogP contribution is -2.31. The summed E-state index contributed by atoms with van der Waals surface area (Å²) in [5.74, 6) is 0.728. The normalized spacial score (nSPS) is 11.8. The van der Waals surface area contributed by atoms with Crippen LogP contribution in [-0.4, -0.2) is 25.9 Å². The minimum absolute atomic E-state index is 0.321. The van der Waals surface area contributed by atoms with E-state index < -0.39 is 10.0 Å². The standard InChI is InChI=1S/C17H23NO3S2/c1-4-9-18(12-15-8-10-22-13-15)23(19,20)16-6-7-17(21-5-2)14(3)11-16/h6-8,10-11,13H,4-5,9,12H2,1-3H3. The van der Waals surface area contributed by atoms with Crippen molar-refractivity contribution in [2.45, 2.75) is 38.6 Å². The van der Waals surface area contributed by atoms with E-state index in [1.54, 1.807) is 33.8 Å². The smallest absolute Gasteiger partial charge is 0.243 e. The number of aryl methyl sites for hydroxylation is 1. The van der Waals surface area contributed by atoms with Crippen molar-refractivity contribution in [2.75, 3.05) is 13.2 Å². The lowest BCUT2D eigenvalue weighted by molar-refractivity contribution is 0.337. The summed E-state index contributed by atoms with van der Waals surface area (Å²) in [6, 6.07) is 7.02. The van der Waals surface area contributed by atoms with E-state index in [1.807, 2.05) is 37.6 Å². The van der Waals surface area contributed by atoms with Gasteiger partial charge >= 0.3 is 0 Å². The van der Waals surface area contributed by atoms with Crippen LogP contribution in [0.2, 0.25) is 0 Å². The van der Waals surface area contributed by atoms with E-state index in [-0.39, 0.29) is 0 Å². The van der Waals surface area contributed by atoms with Gasteiger partial charge < -0.3 is 4.74 Å². The van der Waals surface area contributed by atoms with E-state index in [0.717, 1.165) is 23.3 Å². The number of hydrogen-bond donors (Lipinski definition) is 0. The Kier molecular flexibility index (Phi) is 6.21. The predicted molar refractivity (Wildman–Crippen MR) is 94.6 cm³/mol. The van der Waals surface area contributed by atoms with Crippen molar-refractivity contribution in [3.05, 3.63) is 46.2 Å². The van der Waals surface area contributed by atoms with Gasteiger partial charge in [-0.05, 0) is 66.4 Å². The van der Waals surface area contributed by atoms with E-state index in [0.29, 0.717) is 24.6 Å². The third-order valence-corrected chi connectivity index (χ3v) is 6.07. The molecule has 0 bridgehead atoms. The van der Waals surface area contributed by atoms with E-state index in [9.17, 15) is 8.42 Å². The first-order valence-electron chi connectivity index (χ1n) is 7.73. The molecule has 0 saturated carbocycles. The van der Waals surface area contributed by atoms with Crippen molar-refractivity contribution in [3.63, 3.8) is 0 Å². The zero-order chi connectivity index (χ0) is 16.9. The molecule has 0 unspecified atom stereocenters. The first-order chi connectivity index (χ1) is 11.0. The van der Waals surface area contributed by atoms with E-state index in [1.165, 1.54) is 0 Å². The van der Waals surface area contributed by atoms with Gasteiger partial charge in [0.1, 0.15) is 5.75 Å². The van der Waals surface area contributed by atoms with Gasteiger partial charge in [0.15, 0.2) is 0 Å². The van der Waals surface area contributed by atoms with Crippen LogP contribution in [0.25, 0.3) is 0 Å². The lowest BCUT2D eigenvalue weighted by Gasteiger charge is -2.22. The first-order valence-corrected chi connectivity index (χ1v) is 10.1. The third-order valence-electron chi connectivity index (χ3n) is 3.50. The average Bonchev–Trinajstić information content (AvgIpc) is 3.02. The molecule has 1 aromatic carbocycles. The number of nitrogens with zero attached hydrogens (tertiary/aromatic N) is 1. The third kappa shape index (κ3) is 4.34. The first kappa shape index (κ1) is 18.0. The number of benzene rings is 1. The summed E-state index contributed by atoms with van der Waals surface area (Å²) in [6.07, 6.45) is 0.777. The lowest BCUT2D eigenvalue weighted by atomic mass is 10.2. The summed E-state index contributed by atoms with van der Waals surface area (Å²) < 4.78 is 33.0. The maximum atomic E-state index is 13.0. The molecule has 4 nitrogen and oxygen atoms in total. The maximum absolute atomic E-state index is 13.0. The van der Waals surface area contributed by atoms with Crippen LogP contribution >= 0.6 is 11.3 Å². The second kappa shape index (κ2) is 7.95. The molecule has 0 aliphatic rings. The van der Waals surface area contributed by atoms with Crippen molar-refractivity contribution in [1.82, 2.24) is 4.31 Å². The van der Waals surface area contributed by atoms with Gasteiger partial charge in [0.2, 0.25) is 10.0 Å². The van der Waals surface area contributed by atoms with Gasteiger partial charge in [-0.2, -0.15) is 15.6 Å². The van der Waals surface area contributed by atoms with Crippen LogP contribution in [0.5, 0.6) is 5.75 Å². The predicted octanol–water partition coefficient (Wildman–Crippen LogP) is 4.06. The highest BCUT2D eigenvalue weighted by Crippen LogP contribution is 2.25. The molecule has 0 N–H and O–H groups in total. The van der Waals surface area contributed by atoms with Gasteiger partial charge in [-0.1, -0.05) is 6.92 Å². The van der Waals surface area contributed by atoms with E-state index in [4.69, 9.17) is 4.74 Å². The van der Waals surface area contributed by atoms with Crippen LogP contribution in [-0.2, 0) is 16.6 Å². The Morgan fingerprint density at radius 2 is 2.00 bits per heavy atom. The number of rotatable bonds is 8. The minimum Gasteiger partial charge on any atom is -0.494 e. The molecule has 0 radical (unpaired) electrons. The monoisotopic (exact) mass is 353 g/mol. The van der Waals surface area contributed by atoms with Crippen molar-refractivity contribution in [1.29, 1.82) is 0 Å². The highest BCUT2D eigenvalue weighted by atomic mass is 32.2. The molecule has 0 fully saturated rings. The Balaban J connectivity index is 2.31. The number of thiophene rings is 1. The quantitative estimate of drug-likeness (QED) is 0.719. The van der Waals surface area contributed by atoms with Gasteiger partial charge in [0.25, 0.3) is 0 Å². The van der Waals surface area contributed by atoms with Crippen LogP contribution in [0.1, 0.15) is 31.4 Å². The molecule has 0 amide bonds. The topological polar surface area (TPSA) is 46.6 Å². The van der Waals surface area contributed by atoms with E-state index >= 15 is 0 Å². The minimum atomic E-state index is -3.51. The van der Waals surface area contributed by atoms with Crippen LogP contribution in [0.4, 0.5) is 0 Å². The van der Waals surface area contributed by atoms with Crippen molar-refractivity contribution in [3.8, 4) is 5.75 Å². The van der Waals surface area contributed by atoms with Crippen molar-refractivity contribution in [2.24, 2.45) is 0 Å². The zero-order valence-corrected chi connectivity index (χ0v) is 15.4. The summed E-state index contributed by atoms with van der Waals surface area (Å²) >= 11 is 1.58. The second-order valence-corrected chi connectivity index (χ2v) is 8.05. The summed E-state index contributed by atoms with van der Waals surface area (Å²) in [4.78, 5) is 0.321. The molecule has 1 heterocycles. The molecule has 2 rings (SSSR count).